The van der Waals surface area contributed by atoms with E-state index in [0.29, 0.717) is 10.9 Å². The summed E-state index contributed by atoms with van der Waals surface area (Å²) in [5, 5.41) is 14.2. The molecular weight excluding hydrogens is 522 g/mol. The van der Waals surface area contributed by atoms with Crippen LogP contribution in [0.1, 0.15) is 19.3 Å². The molecule has 4 rings (SSSR count). The van der Waals surface area contributed by atoms with E-state index in [0.717, 1.165) is 30.6 Å². The number of carbonyl (C=O) groups is 2. The van der Waals surface area contributed by atoms with Gasteiger partial charge in [-0.3, -0.25) is 4.98 Å². The smallest absolute Gasteiger partial charge is 0.488 e. The molecule has 1 unspecified atom stereocenters. The number of pyridine rings is 1. The highest BCUT2D eigenvalue weighted by Crippen LogP contribution is 2.46. The minimum absolute atomic E-state index is 0.347. The molecule has 3 aliphatic heterocycles. The van der Waals surface area contributed by atoms with Crippen LogP contribution >= 0.6 is 11.8 Å². The van der Waals surface area contributed by atoms with E-state index in [4.69, 9.17) is 29.3 Å². The summed E-state index contributed by atoms with van der Waals surface area (Å²) in [5.74, 6) is -2.65. The minimum atomic E-state index is -5.08. The summed E-state index contributed by atoms with van der Waals surface area (Å²) in [5.41, 5.74) is 0. The molecule has 15 heteroatoms. The molecule has 0 amide bonds. The zero-order valence-corrected chi connectivity index (χ0v) is 19.7. The van der Waals surface area contributed by atoms with Crippen molar-refractivity contribution in [2.75, 3.05) is 38.6 Å². The number of hydrogen-bond acceptors (Lipinski definition) is 7. The Balaban J connectivity index is 0.000000271. The van der Waals surface area contributed by atoms with E-state index in [2.05, 4.69) is 21.6 Å². The Morgan fingerprint density at radius 1 is 1.11 bits per heavy atom. The average molecular weight is 549 g/mol. The molecule has 0 saturated carbocycles. The maximum absolute atomic E-state index is 10.6. The number of hydrogen-bond donors (Lipinski definition) is 2. The molecule has 0 aromatic carbocycles. The fourth-order valence-electron chi connectivity index (χ4n) is 3.90. The first-order valence-corrected chi connectivity index (χ1v) is 11.8. The van der Waals surface area contributed by atoms with E-state index in [1.54, 1.807) is 6.20 Å². The Kier molecular flexibility index (Phi) is 10.7. The number of thioether (sulfide) groups is 1. The van der Waals surface area contributed by atoms with Crippen molar-refractivity contribution in [3.63, 3.8) is 0 Å². The van der Waals surface area contributed by atoms with Crippen molar-refractivity contribution in [1.29, 1.82) is 0 Å². The van der Waals surface area contributed by atoms with Gasteiger partial charge >= 0.3 is 24.3 Å². The van der Waals surface area contributed by atoms with Crippen LogP contribution in [0.4, 0.5) is 26.3 Å². The molecule has 8 nitrogen and oxygen atoms in total. The van der Waals surface area contributed by atoms with E-state index in [1.807, 2.05) is 18.3 Å². The van der Waals surface area contributed by atoms with Crippen LogP contribution in [-0.4, -0.2) is 93.8 Å². The molecule has 3 saturated heterocycles. The molecule has 204 valence electrons. The number of likely N-dealkylation sites (tertiary alicyclic amines) is 1. The van der Waals surface area contributed by atoms with Crippen LogP contribution in [0.25, 0.3) is 0 Å². The molecule has 1 aromatic heterocycles. The Bertz CT molecular complexity index is 822. The van der Waals surface area contributed by atoms with Crippen LogP contribution in [-0.2, 0) is 14.3 Å². The first kappa shape index (κ1) is 30.0. The number of nitrogens with zero attached hydrogens (tertiary/aromatic N) is 2. The molecule has 3 fully saturated rings. The van der Waals surface area contributed by atoms with E-state index in [-0.39, 0.29) is 0 Å². The monoisotopic (exact) mass is 548 g/mol. The van der Waals surface area contributed by atoms with E-state index in [9.17, 15) is 26.3 Å². The van der Waals surface area contributed by atoms with Gasteiger partial charge in [0.1, 0.15) is 11.9 Å². The predicted molar refractivity (Wildman–Crippen MR) is 116 cm³/mol. The summed E-state index contributed by atoms with van der Waals surface area (Å²) in [7, 11) is 0. The number of carboxylic acids is 2. The standard InChI is InChI=1S/C17H24N2O2S.2C2HF3O2/c1-2-15(9-18-5-1)21-16-8-17(22-11-16)12-19(13-17)10-14-3-6-20-7-4-14;2*3-2(4,5)1(6)7/h1-2,5,9,14,16H,3-4,6-8,10-13H2;2*(H,6,7). The molecular formula is C21H26F6N2O6S. The second kappa shape index (κ2) is 12.8. The van der Waals surface area contributed by atoms with Gasteiger partial charge in [-0.15, -0.1) is 11.8 Å². The van der Waals surface area contributed by atoms with Crippen LogP contribution in [0.15, 0.2) is 24.5 Å². The lowest BCUT2D eigenvalue weighted by atomic mass is 9.90. The highest BCUT2D eigenvalue weighted by atomic mass is 32.2. The Morgan fingerprint density at radius 2 is 1.67 bits per heavy atom. The Labute approximate surface area is 206 Å². The molecule has 0 aliphatic carbocycles. The normalized spacial score (nSPS) is 21.9. The number of halogens is 6. The SMILES string of the molecule is O=C(O)C(F)(F)F.O=C(O)C(F)(F)F.c1cncc(OC2CSC3(C2)CN(CC2CCOCC2)C3)c1. The van der Waals surface area contributed by atoms with Gasteiger partial charge in [-0.25, -0.2) is 9.59 Å². The third-order valence-electron chi connectivity index (χ3n) is 5.48. The van der Waals surface area contributed by atoms with Crippen LogP contribution in [0, 0.1) is 5.92 Å². The third-order valence-corrected chi connectivity index (χ3v) is 7.05. The van der Waals surface area contributed by atoms with Gasteiger partial charge in [-0.1, -0.05) is 0 Å². The van der Waals surface area contributed by atoms with Crippen molar-refractivity contribution in [3.05, 3.63) is 24.5 Å². The molecule has 4 heterocycles. The van der Waals surface area contributed by atoms with Crippen LogP contribution < -0.4 is 4.74 Å². The Morgan fingerprint density at radius 3 is 2.14 bits per heavy atom. The van der Waals surface area contributed by atoms with Crippen molar-refractivity contribution in [2.24, 2.45) is 5.92 Å². The lowest BCUT2D eigenvalue weighted by Gasteiger charge is -2.49. The third kappa shape index (κ3) is 10.0. The van der Waals surface area contributed by atoms with Gasteiger partial charge in [-0.05, 0) is 30.9 Å². The summed E-state index contributed by atoms with van der Waals surface area (Å²) >= 11 is 2.11. The van der Waals surface area contributed by atoms with E-state index in [1.165, 1.54) is 38.9 Å². The molecule has 2 N–H and O–H groups in total. The van der Waals surface area contributed by atoms with Crippen LogP contribution in [0.2, 0.25) is 0 Å². The van der Waals surface area contributed by atoms with Gasteiger partial charge in [0.15, 0.2) is 0 Å². The topological polar surface area (TPSA) is 109 Å². The second-order valence-corrected chi connectivity index (χ2v) is 9.95. The van der Waals surface area contributed by atoms with Gasteiger partial charge in [0.25, 0.3) is 0 Å². The number of carboxylic acid groups (broad SMARTS) is 2. The highest BCUT2D eigenvalue weighted by Gasteiger charge is 2.50. The predicted octanol–water partition coefficient (Wildman–Crippen LogP) is 3.71. The minimum Gasteiger partial charge on any atom is -0.488 e. The van der Waals surface area contributed by atoms with Gasteiger partial charge in [0.05, 0.1) is 6.20 Å². The largest absolute Gasteiger partial charge is 0.490 e. The van der Waals surface area contributed by atoms with Crippen molar-refractivity contribution in [1.82, 2.24) is 9.88 Å². The van der Waals surface area contributed by atoms with Crippen molar-refractivity contribution in [3.8, 4) is 5.75 Å². The molecule has 1 spiro atoms. The summed E-state index contributed by atoms with van der Waals surface area (Å²) in [6.07, 6.45) is -2.56. The quantitative estimate of drug-likeness (QED) is 0.545. The molecule has 0 radical (unpaired) electrons. The first-order valence-electron chi connectivity index (χ1n) is 10.8. The summed E-state index contributed by atoms with van der Waals surface area (Å²) in [6.45, 7) is 5.66. The number of ether oxygens (including phenoxy) is 2. The molecule has 1 atom stereocenters. The lowest BCUT2D eigenvalue weighted by molar-refractivity contribution is -0.193. The molecule has 3 aliphatic rings. The number of aliphatic carboxylic acids is 2. The molecule has 0 bridgehead atoms. The number of alkyl halides is 6. The first-order chi connectivity index (χ1) is 16.7. The summed E-state index contributed by atoms with van der Waals surface area (Å²) < 4.78 is 75.5. The van der Waals surface area contributed by atoms with Crippen molar-refractivity contribution >= 4 is 23.7 Å². The zero-order valence-electron chi connectivity index (χ0n) is 18.9. The second-order valence-electron chi connectivity index (χ2n) is 8.46. The Hall–Kier alpha value is -2.26. The van der Waals surface area contributed by atoms with Crippen molar-refractivity contribution in [2.45, 2.75) is 42.5 Å². The van der Waals surface area contributed by atoms with E-state index < -0.39 is 24.3 Å². The van der Waals surface area contributed by atoms with Gasteiger partial charge < -0.3 is 24.6 Å². The molecule has 36 heavy (non-hydrogen) atoms. The fourth-order valence-corrected chi connectivity index (χ4v) is 5.48. The fraction of sp³-hybridized carbons (Fsp3) is 0.667. The van der Waals surface area contributed by atoms with E-state index >= 15 is 0 Å². The zero-order chi connectivity index (χ0) is 27.0. The maximum atomic E-state index is 10.6. The van der Waals surface area contributed by atoms with Crippen LogP contribution in [0.5, 0.6) is 5.75 Å². The summed E-state index contributed by atoms with van der Waals surface area (Å²) in [4.78, 5) is 24.6. The lowest BCUT2D eigenvalue weighted by Crippen LogP contribution is -2.60. The molecule has 1 aromatic rings. The summed E-state index contributed by atoms with van der Waals surface area (Å²) in [6, 6.07) is 3.94. The van der Waals surface area contributed by atoms with Crippen LogP contribution in [0.3, 0.4) is 0 Å². The van der Waals surface area contributed by atoms with Gasteiger partial charge in [0.2, 0.25) is 0 Å². The average Bonchev–Trinajstić information content (AvgIpc) is 3.18. The number of aromatic nitrogens is 1. The number of rotatable bonds is 4. The highest BCUT2D eigenvalue weighted by molar-refractivity contribution is 8.01. The maximum Gasteiger partial charge on any atom is 0.490 e. The van der Waals surface area contributed by atoms with Gasteiger partial charge in [-0.2, -0.15) is 26.3 Å². The van der Waals surface area contributed by atoms with Crippen molar-refractivity contribution < 1.29 is 55.6 Å². The van der Waals surface area contributed by atoms with Gasteiger partial charge in [0, 0.05) is 56.0 Å².